The highest BCUT2D eigenvalue weighted by atomic mass is 79.9. The van der Waals surface area contributed by atoms with Crippen LogP contribution in [0.15, 0.2) is 39.3 Å². The minimum absolute atomic E-state index is 0.684. The lowest BCUT2D eigenvalue weighted by atomic mass is 10.2. The molecule has 0 unspecified atom stereocenters. The van der Waals surface area contributed by atoms with E-state index in [9.17, 15) is 0 Å². The van der Waals surface area contributed by atoms with E-state index >= 15 is 0 Å². The number of nitrogen functional groups attached to an aromatic ring is 1. The molecule has 0 aliphatic heterocycles. The SMILES string of the molecule is Cc1cc(Nc2cc(Cl)ccc2Br)c(Br)cc1N. The van der Waals surface area contributed by atoms with Crippen LogP contribution in [0.5, 0.6) is 0 Å². The van der Waals surface area contributed by atoms with Crippen LogP contribution in [0.3, 0.4) is 0 Å². The summed E-state index contributed by atoms with van der Waals surface area (Å²) in [6.07, 6.45) is 0. The molecule has 0 heterocycles. The average molecular weight is 391 g/mol. The van der Waals surface area contributed by atoms with E-state index in [1.54, 1.807) is 0 Å². The average Bonchev–Trinajstić information content (AvgIpc) is 2.30. The number of nitrogens with one attached hydrogen (secondary N) is 1. The lowest BCUT2D eigenvalue weighted by Gasteiger charge is -2.13. The van der Waals surface area contributed by atoms with Crippen LogP contribution in [-0.4, -0.2) is 0 Å². The van der Waals surface area contributed by atoms with Gasteiger partial charge in [0.25, 0.3) is 0 Å². The molecular weight excluding hydrogens is 379 g/mol. The van der Waals surface area contributed by atoms with Crippen molar-refractivity contribution in [3.63, 3.8) is 0 Å². The predicted molar refractivity (Wildman–Crippen MR) is 85.7 cm³/mol. The number of benzene rings is 2. The van der Waals surface area contributed by atoms with Gasteiger partial charge in [-0.1, -0.05) is 11.6 Å². The van der Waals surface area contributed by atoms with Gasteiger partial charge in [-0.3, -0.25) is 0 Å². The van der Waals surface area contributed by atoms with Gasteiger partial charge in [-0.2, -0.15) is 0 Å². The molecule has 94 valence electrons. The Bertz CT molecular complexity index is 600. The Hall–Kier alpha value is -0.710. The quantitative estimate of drug-likeness (QED) is 0.665. The molecule has 0 aliphatic rings. The Morgan fingerprint density at radius 1 is 1.06 bits per heavy atom. The molecule has 0 spiro atoms. The minimum atomic E-state index is 0.684. The van der Waals surface area contributed by atoms with Gasteiger partial charge in [0, 0.05) is 19.7 Å². The summed E-state index contributed by atoms with van der Waals surface area (Å²) in [6, 6.07) is 9.48. The maximum Gasteiger partial charge on any atom is 0.0543 e. The summed E-state index contributed by atoms with van der Waals surface area (Å²) in [5, 5.41) is 4.00. The molecule has 2 rings (SSSR count). The zero-order chi connectivity index (χ0) is 13.3. The number of aryl methyl sites for hydroxylation is 1. The third-order valence-corrected chi connectivity index (χ3v) is 4.14. The minimum Gasteiger partial charge on any atom is -0.398 e. The van der Waals surface area contributed by atoms with Gasteiger partial charge in [-0.15, -0.1) is 0 Å². The molecule has 0 fully saturated rings. The van der Waals surface area contributed by atoms with E-state index in [0.717, 1.165) is 31.6 Å². The van der Waals surface area contributed by atoms with Crippen LogP contribution in [0.25, 0.3) is 0 Å². The topological polar surface area (TPSA) is 38.0 Å². The van der Waals surface area contributed by atoms with Crippen LogP contribution < -0.4 is 11.1 Å². The van der Waals surface area contributed by atoms with E-state index in [1.807, 2.05) is 37.3 Å². The molecule has 0 aliphatic carbocycles. The number of halogens is 3. The van der Waals surface area contributed by atoms with Gasteiger partial charge >= 0.3 is 0 Å². The smallest absolute Gasteiger partial charge is 0.0543 e. The fraction of sp³-hybridized carbons (Fsp3) is 0.0769. The molecule has 2 aromatic carbocycles. The van der Waals surface area contributed by atoms with Gasteiger partial charge < -0.3 is 11.1 Å². The summed E-state index contributed by atoms with van der Waals surface area (Å²) in [5.41, 5.74) is 9.50. The fourth-order valence-corrected chi connectivity index (χ4v) is 2.51. The lowest BCUT2D eigenvalue weighted by molar-refractivity contribution is 1.43. The number of rotatable bonds is 2. The summed E-state index contributed by atoms with van der Waals surface area (Å²) in [5.74, 6) is 0. The summed E-state index contributed by atoms with van der Waals surface area (Å²) in [7, 11) is 0. The van der Waals surface area contributed by atoms with E-state index in [1.165, 1.54) is 0 Å². The Labute approximate surface area is 128 Å². The largest absolute Gasteiger partial charge is 0.398 e. The van der Waals surface area contributed by atoms with Crippen molar-refractivity contribution >= 4 is 60.5 Å². The van der Waals surface area contributed by atoms with Crippen LogP contribution in [-0.2, 0) is 0 Å². The zero-order valence-electron chi connectivity index (χ0n) is 9.60. The molecule has 2 aromatic rings. The van der Waals surface area contributed by atoms with Crippen molar-refractivity contribution in [3.05, 3.63) is 49.9 Å². The number of hydrogen-bond donors (Lipinski definition) is 2. The third-order valence-electron chi connectivity index (χ3n) is 2.55. The first-order chi connectivity index (χ1) is 8.47. The highest BCUT2D eigenvalue weighted by Gasteiger charge is 2.06. The van der Waals surface area contributed by atoms with Crippen LogP contribution in [0.1, 0.15) is 5.56 Å². The molecule has 0 bridgehead atoms. The van der Waals surface area contributed by atoms with Crippen molar-refractivity contribution in [2.75, 3.05) is 11.1 Å². The van der Waals surface area contributed by atoms with Gasteiger partial charge in [0.2, 0.25) is 0 Å². The van der Waals surface area contributed by atoms with Crippen LogP contribution >= 0.6 is 43.5 Å². The maximum atomic E-state index is 5.99. The lowest BCUT2D eigenvalue weighted by Crippen LogP contribution is -1.96. The number of nitrogens with two attached hydrogens (primary N) is 1. The van der Waals surface area contributed by atoms with E-state index in [2.05, 4.69) is 37.2 Å². The first-order valence-corrected chi connectivity index (χ1v) is 7.21. The van der Waals surface area contributed by atoms with Crippen LogP contribution in [0, 0.1) is 6.92 Å². The van der Waals surface area contributed by atoms with E-state index < -0.39 is 0 Å². The Balaban J connectivity index is 2.40. The molecule has 0 radical (unpaired) electrons. The first-order valence-electron chi connectivity index (χ1n) is 5.25. The standard InChI is InChI=1S/C13H11Br2ClN2/c1-7-4-12(10(15)6-11(7)17)18-13-5-8(16)2-3-9(13)14/h2-6,18H,17H2,1H3. The summed E-state index contributed by atoms with van der Waals surface area (Å²) >= 11 is 13.0. The normalized spacial score (nSPS) is 10.4. The van der Waals surface area contributed by atoms with Crippen molar-refractivity contribution in [2.24, 2.45) is 0 Å². The molecular formula is C13H11Br2ClN2. The van der Waals surface area contributed by atoms with E-state index in [-0.39, 0.29) is 0 Å². The van der Waals surface area contributed by atoms with Crippen molar-refractivity contribution < 1.29 is 0 Å². The van der Waals surface area contributed by atoms with Gasteiger partial charge in [-0.05, 0) is 74.7 Å². The molecule has 0 saturated carbocycles. The fourth-order valence-electron chi connectivity index (χ4n) is 1.53. The van der Waals surface area contributed by atoms with Gasteiger partial charge in [0.1, 0.15) is 0 Å². The second kappa shape index (κ2) is 5.51. The molecule has 0 saturated heterocycles. The van der Waals surface area contributed by atoms with Gasteiger partial charge in [0.15, 0.2) is 0 Å². The first kappa shape index (κ1) is 13.7. The second-order valence-corrected chi connectivity index (χ2v) is 6.08. The van der Waals surface area contributed by atoms with Gasteiger partial charge in [0.05, 0.1) is 11.4 Å². The maximum absolute atomic E-state index is 5.99. The van der Waals surface area contributed by atoms with Crippen LogP contribution in [0.4, 0.5) is 17.1 Å². The summed E-state index contributed by atoms with van der Waals surface area (Å²) in [6.45, 7) is 1.97. The summed E-state index contributed by atoms with van der Waals surface area (Å²) < 4.78 is 1.87. The van der Waals surface area contributed by atoms with Crippen LogP contribution in [0.2, 0.25) is 5.02 Å². The molecule has 2 nitrogen and oxygen atoms in total. The zero-order valence-corrected chi connectivity index (χ0v) is 13.5. The molecule has 0 amide bonds. The highest BCUT2D eigenvalue weighted by Crippen LogP contribution is 2.34. The second-order valence-electron chi connectivity index (χ2n) is 3.94. The molecule has 0 atom stereocenters. The number of anilines is 3. The summed E-state index contributed by atoms with van der Waals surface area (Å²) in [4.78, 5) is 0. The predicted octanol–water partition coefficient (Wildman–Crippen LogP) is 5.50. The molecule has 5 heteroatoms. The third kappa shape index (κ3) is 2.99. The Kier molecular flexibility index (Phi) is 4.20. The Morgan fingerprint density at radius 3 is 2.44 bits per heavy atom. The van der Waals surface area contributed by atoms with E-state index in [4.69, 9.17) is 17.3 Å². The number of hydrogen-bond acceptors (Lipinski definition) is 2. The van der Waals surface area contributed by atoms with Crippen molar-refractivity contribution in [2.45, 2.75) is 6.92 Å². The van der Waals surface area contributed by atoms with Gasteiger partial charge in [-0.25, -0.2) is 0 Å². The van der Waals surface area contributed by atoms with E-state index in [0.29, 0.717) is 5.02 Å². The van der Waals surface area contributed by atoms with Crippen molar-refractivity contribution in [1.29, 1.82) is 0 Å². The highest BCUT2D eigenvalue weighted by molar-refractivity contribution is 9.11. The molecule has 3 N–H and O–H groups in total. The van der Waals surface area contributed by atoms with Crippen molar-refractivity contribution in [1.82, 2.24) is 0 Å². The monoisotopic (exact) mass is 388 g/mol. The molecule has 0 aromatic heterocycles. The Morgan fingerprint density at radius 2 is 1.72 bits per heavy atom. The van der Waals surface area contributed by atoms with Crippen molar-refractivity contribution in [3.8, 4) is 0 Å². The molecule has 18 heavy (non-hydrogen) atoms.